The lowest BCUT2D eigenvalue weighted by molar-refractivity contribution is 0.0690. The fourth-order valence-electron chi connectivity index (χ4n) is 3.27. The van der Waals surface area contributed by atoms with Crippen molar-refractivity contribution in [2.75, 3.05) is 32.7 Å². The van der Waals surface area contributed by atoms with Crippen LogP contribution in [0.1, 0.15) is 60.3 Å². The molecule has 0 aromatic heterocycles. The Bertz CT molecular complexity index is 221. The lowest BCUT2D eigenvalue weighted by Gasteiger charge is -2.43. The molecule has 0 aliphatic carbocycles. The highest BCUT2D eigenvalue weighted by Gasteiger charge is 2.32. The Labute approximate surface area is 115 Å². The SMILES string of the molecule is CCNCC(C)(C)CN1CCC(CC)(CC)CC1. The topological polar surface area (TPSA) is 15.3 Å². The molecule has 0 unspecified atom stereocenters. The van der Waals surface area contributed by atoms with E-state index < -0.39 is 0 Å². The molecular weight excluding hydrogens is 220 g/mol. The van der Waals surface area contributed by atoms with Crippen molar-refractivity contribution < 1.29 is 0 Å². The van der Waals surface area contributed by atoms with Crippen LogP contribution < -0.4 is 5.32 Å². The fraction of sp³-hybridized carbons (Fsp3) is 1.00. The number of hydrogen-bond donors (Lipinski definition) is 1. The summed E-state index contributed by atoms with van der Waals surface area (Å²) in [6.07, 6.45) is 5.52. The van der Waals surface area contributed by atoms with E-state index in [1.165, 1.54) is 45.3 Å². The Morgan fingerprint density at radius 1 is 1.06 bits per heavy atom. The number of piperidine rings is 1. The van der Waals surface area contributed by atoms with Crippen LogP contribution in [0.25, 0.3) is 0 Å². The largest absolute Gasteiger partial charge is 0.316 e. The number of nitrogens with one attached hydrogen (secondary N) is 1. The van der Waals surface area contributed by atoms with Gasteiger partial charge in [0.15, 0.2) is 0 Å². The molecule has 0 aromatic carbocycles. The molecule has 0 radical (unpaired) electrons. The van der Waals surface area contributed by atoms with Gasteiger partial charge in [-0.2, -0.15) is 0 Å². The van der Waals surface area contributed by atoms with Gasteiger partial charge < -0.3 is 10.2 Å². The van der Waals surface area contributed by atoms with Gasteiger partial charge in [0, 0.05) is 13.1 Å². The van der Waals surface area contributed by atoms with Gasteiger partial charge >= 0.3 is 0 Å². The van der Waals surface area contributed by atoms with Crippen molar-refractivity contribution in [2.24, 2.45) is 10.8 Å². The smallest absolute Gasteiger partial charge is 0.00448 e. The Hall–Kier alpha value is -0.0800. The Balaban J connectivity index is 2.39. The number of likely N-dealkylation sites (tertiary alicyclic amines) is 1. The lowest BCUT2D eigenvalue weighted by atomic mass is 9.74. The summed E-state index contributed by atoms with van der Waals surface area (Å²) in [7, 11) is 0. The predicted molar refractivity (Wildman–Crippen MR) is 81.0 cm³/mol. The van der Waals surface area contributed by atoms with Crippen LogP contribution in [0.2, 0.25) is 0 Å². The average Bonchev–Trinajstić information content (AvgIpc) is 2.37. The molecule has 1 saturated heterocycles. The molecule has 0 aromatic rings. The summed E-state index contributed by atoms with van der Waals surface area (Å²) >= 11 is 0. The first-order valence-electron chi connectivity index (χ1n) is 7.90. The maximum atomic E-state index is 3.49. The highest BCUT2D eigenvalue weighted by atomic mass is 15.1. The third kappa shape index (κ3) is 4.55. The van der Waals surface area contributed by atoms with Crippen LogP contribution in [0.15, 0.2) is 0 Å². The van der Waals surface area contributed by atoms with Crippen molar-refractivity contribution in [1.82, 2.24) is 10.2 Å². The molecule has 0 atom stereocenters. The molecule has 1 aliphatic heterocycles. The highest BCUT2D eigenvalue weighted by Crippen LogP contribution is 2.38. The molecule has 0 saturated carbocycles. The van der Waals surface area contributed by atoms with Gasteiger partial charge in [0.2, 0.25) is 0 Å². The number of hydrogen-bond acceptors (Lipinski definition) is 2. The van der Waals surface area contributed by atoms with Gasteiger partial charge in [-0.15, -0.1) is 0 Å². The summed E-state index contributed by atoms with van der Waals surface area (Å²) in [5.41, 5.74) is 1.05. The Kier molecular flexibility index (Phi) is 6.13. The minimum Gasteiger partial charge on any atom is -0.316 e. The van der Waals surface area contributed by atoms with Gasteiger partial charge in [-0.3, -0.25) is 0 Å². The minimum atomic E-state index is 0.397. The van der Waals surface area contributed by atoms with Crippen LogP contribution in [0, 0.1) is 10.8 Å². The van der Waals surface area contributed by atoms with Crippen molar-refractivity contribution in [2.45, 2.75) is 60.3 Å². The van der Waals surface area contributed by atoms with Crippen molar-refractivity contribution in [3.05, 3.63) is 0 Å². The summed E-state index contributed by atoms with van der Waals surface area (Å²) in [6.45, 7) is 17.8. The van der Waals surface area contributed by atoms with Gasteiger partial charge in [0.1, 0.15) is 0 Å². The van der Waals surface area contributed by atoms with Crippen molar-refractivity contribution in [3.63, 3.8) is 0 Å². The van der Waals surface area contributed by atoms with Gasteiger partial charge in [-0.05, 0) is 43.3 Å². The van der Waals surface area contributed by atoms with Gasteiger partial charge in [-0.25, -0.2) is 0 Å². The first-order chi connectivity index (χ1) is 8.47. The first kappa shape index (κ1) is 16.0. The Morgan fingerprint density at radius 3 is 2.06 bits per heavy atom. The Morgan fingerprint density at radius 2 is 1.61 bits per heavy atom. The molecule has 1 aliphatic rings. The molecule has 108 valence electrons. The fourth-order valence-corrected chi connectivity index (χ4v) is 3.27. The van der Waals surface area contributed by atoms with E-state index >= 15 is 0 Å². The van der Waals surface area contributed by atoms with Crippen LogP contribution in [0.3, 0.4) is 0 Å². The van der Waals surface area contributed by atoms with E-state index in [2.05, 4.69) is 44.8 Å². The monoisotopic (exact) mass is 254 g/mol. The van der Waals surface area contributed by atoms with E-state index in [0.717, 1.165) is 13.1 Å². The maximum Gasteiger partial charge on any atom is 0.00448 e. The zero-order valence-corrected chi connectivity index (χ0v) is 13.3. The van der Waals surface area contributed by atoms with Crippen molar-refractivity contribution in [1.29, 1.82) is 0 Å². The molecule has 1 rings (SSSR count). The van der Waals surface area contributed by atoms with E-state index in [1.54, 1.807) is 0 Å². The quantitative estimate of drug-likeness (QED) is 0.748. The third-order valence-corrected chi connectivity index (χ3v) is 4.92. The average molecular weight is 254 g/mol. The molecule has 1 heterocycles. The second kappa shape index (κ2) is 6.91. The van der Waals surface area contributed by atoms with Gasteiger partial charge in [0.25, 0.3) is 0 Å². The van der Waals surface area contributed by atoms with Crippen LogP contribution in [-0.2, 0) is 0 Å². The van der Waals surface area contributed by atoms with E-state index in [0.29, 0.717) is 10.8 Å². The normalized spacial score (nSPS) is 21.2. The van der Waals surface area contributed by atoms with Crippen LogP contribution >= 0.6 is 0 Å². The lowest BCUT2D eigenvalue weighted by Crippen LogP contribution is -2.46. The highest BCUT2D eigenvalue weighted by molar-refractivity contribution is 4.86. The zero-order chi connectivity index (χ0) is 13.6. The number of nitrogens with zero attached hydrogens (tertiary/aromatic N) is 1. The van der Waals surface area contributed by atoms with Crippen molar-refractivity contribution >= 4 is 0 Å². The molecule has 2 nitrogen and oxygen atoms in total. The molecule has 0 amide bonds. The summed E-state index contributed by atoms with van der Waals surface area (Å²) in [5.74, 6) is 0. The van der Waals surface area contributed by atoms with Gasteiger partial charge in [-0.1, -0.05) is 47.5 Å². The van der Waals surface area contributed by atoms with E-state index in [4.69, 9.17) is 0 Å². The molecule has 0 bridgehead atoms. The zero-order valence-electron chi connectivity index (χ0n) is 13.3. The third-order valence-electron chi connectivity index (χ3n) is 4.92. The van der Waals surface area contributed by atoms with E-state index in [9.17, 15) is 0 Å². The van der Waals surface area contributed by atoms with Gasteiger partial charge in [0.05, 0.1) is 0 Å². The molecule has 2 heteroatoms. The molecule has 0 spiro atoms. The predicted octanol–water partition coefficient (Wildman–Crippen LogP) is 3.52. The second-order valence-electron chi connectivity index (χ2n) is 6.93. The summed E-state index contributed by atoms with van der Waals surface area (Å²) in [6, 6.07) is 0. The van der Waals surface area contributed by atoms with Crippen LogP contribution in [0.5, 0.6) is 0 Å². The second-order valence-corrected chi connectivity index (χ2v) is 6.93. The molecular formula is C16H34N2. The first-order valence-corrected chi connectivity index (χ1v) is 7.90. The van der Waals surface area contributed by atoms with Crippen molar-refractivity contribution in [3.8, 4) is 0 Å². The molecule has 1 N–H and O–H groups in total. The number of rotatable bonds is 7. The summed E-state index contributed by atoms with van der Waals surface area (Å²) in [4.78, 5) is 2.68. The molecule has 18 heavy (non-hydrogen) atoms. The van der Waals surface area contributed by atoms with E-state index in [-0.39, 0.29) is 0 Å². The van der Waals surface area contributed by atoms with Crippen LogP contribution in [-0.4, -0.2) is 37.6 Å². The molecule has 1 fully saturated rings. The summed E-state index contributed by atoms with van der Waals surface area (Å²) in [5, 5.41) is 3.49. The standard InChI is InChI=1S/C16H34N2/c1-6-16(7-2)9-11-18(12-10-16)14-15(4,5)13-17-8-3/h17H,6-14H2,1-5H3. The maximum absolute atomic E-state index is 3.49. The minimum absolute atomic E-state index is 0.397. The summed E-state index contributed by atoms with van der Waals surface area (Å²) < 4.78 is 0. The van der Waals surface area contributed by atoms with E-state index in [1.807, 2.05) is 0 Å². The van der Waals surface area contributed by atoms with Crippen LogP contribution in [0.4, 0.5) is 0 Å².